The fourth-order valence-electron chi connectivity index (χ4n) is 1.27. The molecule has 1 N–H and O–H groups in total. The molecular weight excluding hydrogens is 199 g/mol. The van der Waals surface area contributed by atoms with Crippen molar-refractivity contribution < 1.29 is 19.0 Å². The largest absolute Gasteiger partial charge is 0.469 e. The Labute approximate surface area is 87.5 Å². The molecule has 0 heterocycles. The Hall–Kier alpha value is -1.42. The summed E-state index contributed by atoms with van der Waals surface area (Å²) in [5.41, 5.74) is 0.954. The summed E-state index contributed by atoms with van der Waals surface area (Å²) < 4.78 is 17.7. The Kier molecular flexibility index (Phi) is 3.80. The highest BCUT2D eigenvalue weighted by Crippen LogP contribution is 2.21. The highest BCUT2D eigenvalue weighted by atomic mass is 19.1. The van der Waals surface area contributed by atoms with Crippen LogP contribution < -0.4 is 0 Å². The van der Waals surface area contributed by atoms with Crippen molar-refractivity contribution in [3.8, 4) is 0 Å². The lowest BCUT2D eigenvalue weighted by molar-refractivity contribution is -0.142. The summed E-state index contributed by atoms with van der Waals surface area (Å²) in [6.07, 6.45) is -1.39. The molecule has 0 radical (unpaired) electrons. The number of esters is 1. The molecule has 0 aromatic heterocycles. The molecule has 3 nitrogen and oxygen atoms in total. The highest BCUT2D eigenvalue weighted by Gasteiger charge is 2.16. The van der Waals surface area contributed by atoms with Gasteiger partial charge in [-0.3, -0.25) is 4.79 Å². The number of ether oxygens (including phenoxy) is 1. The van der Waals surface area contributed by atoms with Gasteiger partial charge in [0.25, 0.3) is 0 Å². The molecule has 0 unspecified atom stereocenters. The molecular formula is C11H13FO3. The zero-order chi connectivity index (χ0) is 11.4. The van der Waals surface area contributed by atoms with Crippen LogP contribution in [0.15, 0.2) is 18.2 Å². The summed E-state index contributed by atoms with van der Waals surface area (Å²) in [6.45, 7) is 1.79. The predicted octanol–water partition coefficient (Wildman–Crippen LogP) is 1.73. The summed E-state index contributed by atoms with van der Waals surface area (Å²) in [5, 5.41) is 9.59. The summed E-state index contributed by atoms with van der Waals surface area (Å²) in [6, 6.07) is 4.39. The van der Waals surface area contributed by atoms with Gasteiger partial charge in [-0.05, 0) is 13.0 Å². The van der Waals surface area contributed by atoms with E-state index in [-0.39, 0.29) is 12.0 Å². The highest BCUT2D eigenvalue weighted by molar-refractivity contribution is 5.70. The second-order valence-electron chi connectivity index (χ2n) is 3.32. The molecule has 15 heavy (non-hydrogen) atoms. The van der Waals surface area contributed by atoms with Gasteiger partial charge in [0.1, 0.15) is 5.82 Å². The maximum absolute atomic E-state index is 13.3. The van der Waals surface area contributed by atoms with E-state index in [0.29, 0.717) is 0 Å². The number of carbonyl (C=O) groups is 1. The molecule has 1 rings (SSSR count). The lowest BCUT2D eigenvalue weighted by atomic mass is 10.0. The van der Waals surface area contributed by atoms with Crippen molar-refractivity contribution >= 4 is 5.97 Å². The Morgan fingerprint density at radius 1 is 1.60 bits per heavy atom. The summed E-state index contributed by atoms with van der Waals surface area (Å²) >= 11 is 0. The molecule has 0 bridgehead atoms. The predicted molar refractivity (Wildman–Crippen MR) is 52.7 cm³/mol. The van der Waals surface area contributed by atoms with Gasteiger partial charge in [0.15, 0.2) is 0 Å². The lowest BCUT2D eigenvalue weighted by Crippen LogP contribution is -2.09. The maximum atomic E-state index is 13.3. The van der Waals surface area contributed by atoms with Crippen LogP contribution in [0.2, 0.25) is 0 Å². The van der Waals surface area contributed by atoms with E-state index in [1.54, 1.807) is 13.0 Å². The van der Waals surface area contributed by atoms with E-state index in [1.165, 1.54) is 19.2 Å². The van der Waals surface area contributed by atoms with Crippen LogP contribution in [0.5, 0.6) is 0 Å². The molecule has 0 aliphatic carbocycles. The molecule has 0 saturated carbocycles. The van der Waals surface area contributed by atoms with E-state index in [2.05, 4.69) is 4.74 Å². The van der Waals surface area contributed by atoms with Crippen molar-refractivity contribution in [2.24, 2.45) is 0 Å². The SMILES string of the molecule is COC(=O)C[C@H](O)c1cc(C)ccc1F. The fourth-order valence-corrected chi connectivity index (χ4v) is 1.27. The molecule has 0 fully saturated rings. The van der Waals surface area contributed by atoms with Crippen molar-refractivity contribution in [1.29, 1.82) is 0 Å². The molecule has 1 aromatic rings. The standard InChI is InChI=1S/C11H13FO3/c1-7-3-4-9(12)8(5-7)10(13)6-11(14)15-2/h3-5,10,13H,6H2,1-2H3/t10-/m0/s1. The van der Waals surface area contributed by atoms with Crippen molar-refractivity contribution in [2.45, 2.75) is 19.4 Å². The first-order valence-corrected chi connectivity index (χ1v) is 4.55. The Balaban J connectivity index is 2.85. The second-order valence-corrected chi connectivity index (χ2v) is 3.32. The minimum absolute atomic E-state index is 0.125. The Bertz CT molecular complexity index is 363. The van der Waals surface area contributed by atoms with E-state index in [9.17, 15) is 14.3 Å². The van der Waals surface area contributed by atoms with Gasteiger partial charge in [0, 0.05) is 5.56 Å². The van der Waals surface area contributed by atoms with Crippen LogP contribution in [0.1, 0.15) is 23.7 Å². The van der Waals surface area contributed by atoms with E-state index in [4.69, 9.17) is 0 Å². The van der Waals surface area contributed by atoms with Crippen LogP contribution in [0.3, 0.4) is 0 Å². The normalized spacial score (nSPS) is 12.3. The van der Waals surface area contributed by atoms with Crippen LogP contribution in [-0.4, -0.2) is 18.2 Å². The van der Waals surface area contributed by atoms with Gasteiger partial charge in [-0.25, -0.2) is 4.39 Å². The van der Waals surface area contributed by atoms with Crippen molar-refractivity contribution in [1.82, 2.24) is 0 Å². The third-order valence-electron chi connectivity index (χ3n) is 2.10. The molecule has 4 heteroatoms. The van der Waals surface area contributed by atoms with E-state index in [0.717, 1.165) is 5.56 Å². The number of halogens is 1. The molecule has 1 aromatic carbocycles. The number of aryl methyl sites for hydroxylation is 1. The zero-order valence-corrected chi connectivity index (χ0v) is 8.66. The lowest BCUT2D eigenvalue weighted by Gasteiger charge is -2.11. The van der Waals surface area contributed by atoms with Gasteiger partial charge in [0.05, 0.1) is 19.6 Å². The van der Waals surface area contributed by atoms with Crippen LogP contribution in [0, 0.1) is 12.7 Å². The van der Waals surface area contributed by atoms with Crippen LogP contribution in [0.4, 0.5) is 4.39 Å². The minimum atomic E-state index is -1.16. The Morgan fingerprint density at radius 3 is 2.87 bits per heavy atom. The fraction of sp³-hybridized carbons (Fsp3) is 0.364. The first kappa shape index (κ1) is 11.7. The van der Waals surface area contributed by atoms with Crippen LogP contribution >= 0.6 is 0 Å². The third kappa shape index (κ3) is 3.02. The number of hydrogen-bond donors (Lipinski definition) is 1. The number of hydrogen-bond acceptors (Lipinski definition) is 3. The molecule has 82 valence electrons. The first-order chi connectivity index (χ1) is 7.04. The van der Waals surface area contributed by atoms with Crippen molar-refractivity contribution in [2.75, 3.05) is 7.11 Å². The number of methoxy groups -OCH3 is 1. The molecule has 0 spiro atoms. The summed E-state index contributed by atoms with van der Waals surface area (Å²) in [5.74, 6) is -1.08. The number of aliphatic hydroxyl groups excluding tert-OH is 1. The van der Waals surface area contributed by atoms with Gasteiger partial charge in [-0.2, -0.15) is 0 Å². The van der Waals surface area contributed by atoms with Gasteiger partial charge >= 0.3 is 5.97 Å². The van der Waals surface area contributed by atoms with Crippen molar-refractivity contribution in [3.63, 3.8) is 0 Å². The summed E-state index contributed by atoms with van der Waals surface area (Å²) in [4.78, 5) is 10.9. The third-order valence-corrected chi connectivity index (χ3v) is 2.10. The van der Waals surface area contributed by atoms with E-state index >= 15 is 0 Å². The van der Waals surface area contributed by atoms with Gasteiger partial charge in [0.2, 0.25) is 0 Å². The van der Waals surface area contributed by atoms with Crippen molar-refractivity contribution in [3.05, 3.63) is 35.1 Å². The molecule has 0 aliphatic rings. The van der Waals surface area contributed by atoms with Crippen LogP contribution in [-0.2, 0) is 9.53 Å². The number of rotatable bonds is 3. The number of carbonyl (C=O) groups excluding carboxylic acids is 1. The first-order valence-electron chi connectivity index (χ1n) is 4.55. The number of aliphatic hydroxyl groups is 1. The van der Waals surface area contributed by atoms with Gasteiger partial charge < -0.3 is 9.84 Å². The molecule has 1 atom stereocenters. The van der Waals surface area contributed by atoms with E-state index in [1.807, 2.05) is 0 Å². The summed E-state index contributed by atoms with van der Waals surface area (Å²) in [7, 11) is 1.22. The second kappa shape index (κ2) is 4.89. The Morgan fingerprint density at radius 2 is 2.27 bits per heavy atom. The smallest absolute Gasteiger partial charge is 0.308 e. The topological polar surface area (TPSA) is 46.5 Å². The molecule has 0 saturated heterocycles. The van der Waals surface area contributed by atoms with Gasteiger partial charge in [-0.1, -0.05) is 17.7 Å². The molecule has 0 aliphatic heterocycles. The van der Waals surface area contributed by atoms with E-state index < -0.39 is 17.9 Å². The maximum Gasteiger partial charge on any atom is 0.308 e. The average Bonchev–Trinajstić information content (AvgIpc) is 2.21. The van der Waals surface area contributed by atoms with Crippen LogP contribution in [0.25, 0.3) is 0 Å². The monoisotopic (exact) mass is 212 g/mol. The number of benzene rings is 1. The zero-order valence-electron chi connectivity index (χ0n) is 8.66. The quantitative estimate of drug-likeness (QED) is 0.776. The molecule has 0 amide bonds. The van der Waals surface area contributed by atoms with Gasteiger partial charge in [-0.15, -0.1) is 0 Å². The average molecular weight is 212 g/mol. The minimum Gasteiger partial charge on any atom is -0.469 e.